The topological polar surface area (TPSA) is 8.17 Å². The van der Waals surface area contributed by atoms with Gasteiger partial charge in [-0.3, -0.25) is 0 Å². The van der Waals surface area contributed by atoms with Crippen LogP contribution in [-0.4, -0.2) is 4.57 Å². The van der Waals surface area contributed by atoms with Crippen LogP contribution in [0.1, 0.15) is 0 Å². The number of hydrogen-bond donors (Lipinski definition) is 0. The Morgan fingerprint density at radius 1 is 0.345 bits per heavy atom. The predicted octanol–water partition coefficient (Wildman–Crippen LogP) is 15.1. The number of thiophene rings is 1. The lowest BCUT2D eigenvalue weighted by molar-refractivity contribution is 1.19. The van der Waals surface area contributed by atoms with Crippen molar-refractivity contribution < 1.29 is 0 Å². The molecule has 11 rings (SSSR count). The Balaban J connectivity index is 1.10. The third-order valence-electron chi connectivity index (χ3n) is 11.0. The lowest BCUT2D eigenvalue weighted by Gasteiger charge is -2.26. The second-order valence-corrected chi connectivity index (χ2v) is 15.2. The zero-order chi connectivity index (χ0) is 36.3. The Morgan fingerprint density at radius 3 is 1.71 bits per heavy atom. The maximum atomic E-state index is 2.42. The molecule has 0 fully saturated rings. The van der Waals surface area contributed by atoms with Crippen molar-refractivity contribution in [2.75, 3.05) is 4.90 Å². The molecule has 0 radical (unpaired) electrons. The summed E-state index contributed by atoms with van der Waals surface area (Å²) in [5, 5.41) is 7.58. The van der Waals surface area contributed by atoms with Crippen LogP contribution in [0.5, 0.6) is 0 Å². The number of anilines is 3. The Kier molecular flexibility index (Phi) is 7.39. The minimum atomic E-state index is 1.11. The van der Waals surface area contributed by atoms with Crippen LogP contribution in [0.4, 0.5) is 17.1 Å². The average molecular weight is 719 g/mol. The van der Waals surface area contributed by atoms with Crippen LogP contribution in [0.25, 0.3) is 80.7 Å². The SMILES string of the molecule is c1ccc(-c2ccc(N(c3cccc(-c4cc(-n5c6ccccc6c6ccccc65)cc5ccccc45)c3)c3ccc4c(c3)sc3ccccc34)cc2)cc1. The van der Waals surface area contributed by atoms with Crippen molar-refractivity contribution in [3.05, 3.63) is 206 Å². The van der Waals surface area contributed by atoms with Gasteiger partial charge >= 0.3 is 0 Å². The highest BCUT2D eigenvalue weighted by atomic mass is 32.1. The predicted molar refractivity (Wildman–Crippen MR) is 237 cm³/mol. The van der Waals surface area contributed by atoms with E-state index in [0.717, 1.165) is 22.7 Å². The number of rotatable bonds is 6. The van der Waals surface area contributed by atoms with Crippen LogP contribution in [0.15, 0.2) is 206 Å². The molecule has 0 atom stereocenters. The Bertz CT molecular complexity index is 3150. The summed E-state index contributed by atoms with van der Waals surface area (Å²) < 4.78 is 5.02. The molecule has 0 saturated carbocycles. The molecule has 2 heterocycles. The van der Waals surface area contributed by atoms with Crippen LogP contribution in [0.2, 0.25) is 0 Å². The molecule has 2 aromatic heterocycles. The van der Waals surface area contributed by atoms with Gasteiger partial charge in [-0.25, -0.2) is 0 Å². The Morgan fingerprint density at radius 2 is 0.927 bits per heavy atom. The third kappa shape index (κ3) is 5.32. The summed E-state index contributed by atoms with van der Waals surface area (Å²) in [7, 11) is 0. The van der Waals surface area contributed by atoms with Gasteiger partial charge in [-0.2, -0.15) is 0 Å². The normalized spacial score (nSPS) is 11.6. The number of fused-ring (bicyclic) bond motifs is 7. The van der Waals surface area contributed by atoms with Crippen molar-refractivity contribution in [2.45, 2.75) is 0 Å². The van der Waals surface area contributed by atoms with Crippen molar-refractivity contribution in [3.8, 4) is 27.9 Å². The van der Waals surface area contributed by atoms with Crippen molar-refractivity contribution in [1.82, 2.24) is 4.57 Å². The summed E-state index contributed by atoms with van der Waals surface area (Å²) in [5.41, 5.74) is 11.7. The number of nitrogens with zero attached hydrogens (tertiary/aromatic N) is 2. The van der Waals surface area contributed by atoms with Gasteiger partial charge in [-0.05, 0) is 99.8 Å². The first-order valence-corrected chi connectivity index (χ1v) is 19.6. The van der Waals surface area contributed by atoms with Crippen molar-refractivity contribution in [2.24, 2.45) is 0 Å². The molecule has 258 valence electrons. The zero-order valence-electron chi connectivity index (χ0n) is 29.9. The fourth-order valence-electron chi connectivity index (χ4n) is 8.41. The average Bonchev–Trinajstić information content (AvgIpc) is 3.80. The van der Waals surface area contributed by atoms with E-state index in [1.807, 2.05) is 11.3 Å². The fourth-order valence-corrected chi connectivity index (χ4v) is 9.55. The van der Waals surface area contributed by atoms with Gasteiger partial charge in [0.15, 0.2) is 0 Å². The summed E-state index contributed by atoms with van der Waals surface area (Å²) >= 11 is 1.86. The summed E-state index contributed by atoms with van der Waals surface area (Å²) in [5.74, 6) is 0. The summed E-state index contributed by atoms with van der Waals surface area (Å²) in [6.07, 6.45) is 0. The van der Waals surface area contributed by atoms with E-state index in [0.29, 0.717) is 0 Å². The van der Waals surface area contributed by atoms with Gasteiger partial charge in [0.1, 0.15) is 0 Å². The second kappa shape index (κ2) is 12.9. The van der Waals surface area contributed by atoms with Gasteiger partial charge in [0.2, 0.25) is 0 Å². The quantitative estimate of drug-likeness (QED) is 0.166. The molecule has 9 aromatic carbocycles. The van der Waals surface area contributed by atoms with E-state index in [1.165, 1.54) is 75.0 Å². The standard InChI is InChI=1S/C52H34N2S/c1-2-13-35(14-3-1)36-25-27-39(28-26-36)53(41-29-30-47-46-21-8-11-24-51(46)55-52(47)34-41)40-17-12-16-38(31-40)48-33-42(32-37-15-4-5-18-43(37)48)54-49-22-9-6-19-44(49)45-20-7-10-23-50(45)54/h1-34H. The van der Waals surface area contributed by atoms with Crippen LogP contribution in [-0.2, 0) is 0 Å². The number of para-hydroxylation sites is 2. The van der Waals surface area contributed by atoms with E-state index in [2.05, 4.69) is 216 Å². The van der Waals surface area contributed by atoms with Crippen LogP contribution < -0.4 is 4.90 Å². The summed E-state index contributed by atoms with van der Waals surface area (Å²) in [6, 6.07) is 75.3. The van der Waals surface area contributed by atoms with Gasteiger partial charge < -0.3 is 9.47 Å². The van der Waals surface area contributed by atoms with Gasteiger partial charge in [0.25, 0.3) is 0 Å². The molecule has 11 aromatic rings. The highest BCUT2D eigenvalue weighted by molar-refractivity contribution is 7.25. The smallest absolute Gasteiger partial charge is 0.0541 e. The number of aromatic nitrogens is 1. The van der Waals surface area contributed by atoms with E-state index >= 15 is 0 Å². The molecule has 0 N–H and O–H groups in total. The van der Waals surface area contributed by atoms with Crippen molar-refractivity contribution >= 4 is 81.1 Å². The highest BCUT2D eigenvalue weighted by Crippen LogP contribution is 2.43. The first-order valence-electron chi connectivity index (χ1n) is 18.8. The van der Waals surface area contributed by atoms with Crippen LogP contribution in [0.3, 0.4) is 0 Å². The second-order valence-electron chi connectivity index (χ2n) is 14.2. The molecule has 0 amide bonds. The molecule has 0 aliphatic heterocycles. The molecule has 0 spiro atoms. The Hall–Kier alpha value is -6.94. The van der Waals surface area contributed by atoms with E-state index < -0.39 is 0 Å². The van der Waals surface area contributed by atoms with E-state index in [-0.39, 0.29) is 0 Å². The minimum Gasteiger partial charge on any atom is -0.310 e. The summed E-state index contributed by atoms with van der Waals surface area (Å²) in [6.45, 7) is 0. The number of hydrogen-bond acceptors (Lipinski definition) is 2. The molecule has 3 heteroatoms. The lowest BCUT2D eigenvalue weighted by atomic mass is 9.96. The van der Waals surface area contributed by atoms with Gasteiger partial charge in [-0.1, -0.05) is 140 Å². The molecular formula is C52H34N2S. The molecule has 2 nitrogen and oxygen atoms in total. The molecule has 0 aliphatic carbocycles. The van der Waals surface area contributed by atoms with E-state index in [9.17, 15) is 0 Å². The lowest BCUT2D eigenvalue weighted by Crippen LogP contribution is -2.10. The third-order valence-corrected chi connectivity index (χ3v) is 12.1. The van der Waals surface area contributed by atoms with Crippen LogP contribution in [0, 0.1) is 0 Å². The van der Waals surface area contributed by atoms with Crippen LogP contribution >= 0.6 is 11.3 Å². The van der Waals surface area contributed by atoms with Crippen molar-refractivity contribution in [1.29, 1.82) is 0 Å². The maximum Gasteiger partial charge on any atom is 0.0541 e. The highest BCUT2D eigenvalue weighted by Gasteiger charge is 2.18. The molecule has 0 bridgehead atoms. The first-order chi connectivity index (χ1) is 27.3. The minimum absolute atomic E-state index is 1.11. The van der Waals surface area contributed by atoms with Crippen molar-refractivity contribution in [3.63, 3.8) is 0 Å². The maximum absolute atomic E-state index is 2.42. The fraction of sp³-hybridized carbons (Fsp3) is 0. The largest absolute Gasteiger partial charge is 0.310 e. The number of benzene rings is 9. The molecular weight excluding hydrogens is 685 g/mol. The van der Waals surface area contributed by atoms with E-state index in [1.54, 1.807) is 0 Å². The van der Waals surface area contributed by atoms with Gasteiger partial charge in [0.05, 0.1) is 11.0 Å². The van der Waals surface area contributed by atoms with E-state index in [4.69, 9.17) is 0 Å². The van der Waals surface area contributed by atoms with Gasteiger partial charge in [0, 0.05) is 53.7 Å². The van der Waals surface area contributed by atoms with Gasteiger partial charge in [-0.15, -0.1) is 11.3 Å². The molecule has 0 aliphatic rings. The Labute approximate surface area is 323 Å². The summed E-state index contributed by atoms with van der Waals surface area (Å²) in [4.78, 5) is 2.40. The molecule has 0 saturated heterocycles. The first kappa shape index (κ1) is 31.6. The monoisotopic (exact) mass is 718 g/mol. The molecule has 0 unspecified atom stereocenters. The zero-order valence-corrected chi connectivity index (χ0v) is 30.7. The molecule has 55 heavy (non-hydrogen) atoms.